The van der Waals surface area contributed by atoms with Crippen LogP contribution in [-0.2, 0) is 4.74 Å². The Morgan fingerprint density at radius 1 is 1.71 bits per heavy atom. The van der Waals surface area contributed by atoms with Crippen LogP contribution in [0.25, 0.3) is 0 Å². The molecule has 4 nitrogen and oxygen atoms in total. The van der Waals surface area contributed by atoms with Gasteiger partial charge < -0.3 is 14.7 Å². The highest BCUT2D eigenvalue weighted by atomic mass is 16.6. The van der Waals surface area contributed by atoms with Crippen LogP contribution in [0, 0.1) is 0 Å². The molecule has 0 aromatic heterocycles. The molecule has 0 spiro atoms. The fourth-order valence-electron chi connectivity index (χ4n) is 1.81. The summed E-state index contributed by atoms with van der Waals surface area (Å²) in [5, 5.41) is 8.90. The minimum atomic E-state index is -0.232. The van der Waals surface area contributed by atoms with E-state index in [2.05, 4.69) is 0 Å². The Labute approximate surface area is 84.8 Å². The Bertz CT molecular complexity index is 194. The highest BCUT2D eigenvalue weighted by molar-refractivity contribution is 5.69. The topological polar surface area (TPSA) is 49.8 Å². The number of hydrogen-bond acceptors (Lipinski definition) is 3. The molecule has 1 amide bonds. The molecule has 0 saturated carbocycles. The Morgan fingerprint density at radius 2 is 2.43 bits per heavy atom. The third-order valence-electron chi connectivity index (χ3n) is 2.81. The molecule has 1 aliphatic rings. The monoisotopic (exact) mass is 201 g/mol. The van der Waals surface area contributed by atoms with E-state index in [1.165, 1.54) is 0 Å². The minimum absolute atomic E-state index is 0.130. The Morgan fingerprint density at radius 3 is 3.00 bits per heavy atom. The number of amides is 1. The van der Waals surface area contributed by atoms with Gasteiger partial charge >= 0.3 is 6.09 Å². The molecule has 1 aliphatic heterocycles. The largest absolute Gasteiger partial charge is 0.449 e. The number of nitrogens with zero attached hydrogens (tertiary/aromatic N) is 1. The molecular weight excluding hydrogens is 182 g/mol. The van der Waals surface area contributed by atoms with Crippen LogP contribution in [0.1, 0.15) is 33.1 Å². The van der Waals surface area contributed by atoms with E-state index in [0.29, 0.717) is 13.0 Å². The lowest BCUT2D eigenvalue weighted by molar-refractivity contribution is 0.0194. The van der Waals surface area contributed by atoms with Crippen LogP contribution >= 0.6 is 0 Å². The van der Waals surface area contributed by atoms with Gasteiger partial charge in [0.05, 0.1) is 6.61 Å². The molecule has 0 aliphatic carbocycles. The minimum Gasteiger partial charge on any atom is -0.449 e. The number of carbonyl (C=O) groups is 1. The maximum Gasteiger partial charge on any atom is 0.410 e. The lowest BCUT2D eigenvalue weighted by atomic mass is 10.1. The molecule has 1 fully saturated rings. The maximum absolute atomic E-state index is 11.5. The van der Waals surface area contributed by atoms with Gasteiger partial charge in [0.1, 0.15) is 0 Å². The van der Waals surface area contributed by atoms with Crippen molar-refractivity contribution >= 4 is 6.09 Å². The van der Waals surface area contributed by atoms with E-state index in [1.54, 1.807) is 4.90 Å². The summed E-state index contributed by atoms with van der Waals surface area (Å²) in [6.07, 6.45) is 2.16. The molecule has 2 atom stereocenters. The van der Waals surface area contributed by atoms with E-state index in [4.69, 9.17) is 9.84 Å². The van der Waals surface area contributed by atoms with Gasteiger partial charge in [0.25, 0.3) is 0 Å². The fourth-order valence-corrected chi connectivity index (χ4v) is 1.81. The number of cyclic esters (lactones) is 1. The van der Waals surface area contributed by atoms with Gasteiger partial charge in [-0.05, 0) is 19.8 Å². The van der Waals surface area contributed by atoms with Gasteiger partial charge in [-0.25, -0.2) is 4.79 Å². The quantitative estimate of drug-likeness (QED) is 0.747. The summed E-state index contributed by atoms with van der Waals surface area (Å²) in [5.41, 5.74) is 0. The number of ether oxygens (including phenoxy) is 1. The zero-order valence-electron chi connectivity index (χ0n) is 8.90. The number of aliphatic hydroxyl groups is 1. The number of hydrogen-bond donors (Lipinski definition) is 1. The average Bonchev–Trinajstić information content (AvgIpc) is 2.18. The molecule has 14 heavy (non-hydrogen) atoms. The number of carbonyl (C=O) groups excluding carboxylic acids is 1. The van der Waals surface area contributed by atoms with Crippen molar-refractivity contribution in [3.05, 3.63) is 0 Å². The summed E-state index contributed by atoms with van der Waals surface area (Å²) >= 11 is 0. The first-order valence-corrected chi connectivity index (χ1v) is 5.26. The predicted octanol–water partition coefficient (Wildman–Crippen LogP) is 1.38. The van der Waals surface area contributed by atoms with Gasteiger partial charge in [-0.2, -0.15) is 0 Å². The van der Waals surface area contributed by atoms with Gasteiger partial charge in [0, 0.05) is 25.1 Å². The molecular formula is C10H19NO3. The van der Waals surface area contributed by atoms with Gasteiger partial charge in [-0.3, -0.25) is 0 Å². The number of rotatable bonds is 4. The van der Waals surface area contributed by atoms with E-state index in [1.807, 2.05) is 13.8 Å². The van der Waals surface area contributed by atoms with Crippen LogP contribution in [0.3, 0.4) is 0 Å². The average molecular weight is 201 g/mol. The van der Waals surface area contributed by atoms with E-state index in [9.17, 15) is 4.79 Å². The maximum atomic E-state index is 11.5. The van der Waals surface area contributed by atoms with E-state index in [0.717, 1.165) is 12.8 Å². The molecule has 82 valence electrons. The molecule has 4 heteroatoms. The highest BCUT2D eigenvalue weighted by Crippen LogP contribution is 2.20. The molecule has 0 aromatic rings. The summed E-state index contributed by atoms with van der Waals surface area (Å²) in [6.45, 7) is 4.67. The van der Waals surface area contributed by atoms with E-state index in [-0.39, 0.29) is 24.8 Å². The van der Waals surface area contributed by atoms with Crippen LogP contribution in [0.15, 0.2) is 0 Å². The molecule has 1 heterocycles. The van der Waals surface area contributed by atoms with Gasteiger partial charge in [0.2, 0.25) is 0 Å². The lowest BCUT2D eigenvalue weighted by Gasteiger charge is -2.38. The first kappa shape index (κ1) is 11.3. The fraction of sp³-hybridized carbons (Fsp3) is 0.900. The predicted molar refractivity (Wildman–Crippen MR) is 53.0 cm³/mol. The molecule has 1 N–H and O–H groups in total. The SMILES string of the molecule is CCC(C)N1C(=O)OCCC1CCO. The Balaban J connectivity index is 2.65. The summed E-state index contributed by atoms with van der Waals surface area (Å²) in [4.78, 5) is 13.3. The van der Waals surface area contributed by atoms with Crippen molar-refractivity contribution in [2.45, 2.75) is 45.2 Å². The first-order chi connectivity index (χ1) is 6.70. The zero-order chi connectivity index (χ0) is 10.6. The summed E-state index contributed by atoms with van der Waals surface area (Å²) in [6, 6.07) is 0.343. The molecule has 0 bridgehead atoms. The summed E-state index contributed by atoms with van der Waals surface area (Å²) in [7, 11) is 0. The standard InChI is InChI=1S/C10H19NO3/c1-3-8(2)11-9(4-6-12)5-7-14-10(11)13/h8-9,12H,3-7H2,1-2H3. The van der Waals surface area contributed by atoms with E-state index >= 15 is 0 Å². The van der Waals surface area contributed by atoms with E-state index < -0.39 is 0 Å². The van der Waals surface area contributed by atoms with Gasteiger partial charge in [0.15, 0.2) is 0 Å². The van der Waals surface area contributed by atoms with Crippen molar-refractivity contribution in [3.8, 4) is 0 Å². The molecule has 1 saturated heterocycles. The first-order valence-electron chi connectivity index (χ1n) is 5.26. The van der Waals surface area contributed by atoms with Crippen LogP contribution in [0.4, 0.5) is 4.79 Å². The normalized spacial score (nSPS) is 24.6. The van der Waals surface area contributed by atoms with Gasteiger partial charge in [-0.1, -0.05) is 6.92 Å². The third kappa shape index (κ3) is 2.38. The zero-order valence-corrected chi connectivity index (χ0v) is 8.90. The van der Waals surface area contributed by atoms with Crippen molar-refractivity contribution in [2.24, 2.45) is 0 Å². The highest BCUT2D eigenvalue weighted by Gasteiger charge is 2.31. The molecule has 0 radical (unpaired) electrons. The van der Waals surface area contributed by atoms with Crippen LogP contribution in [-0.4, -0.2) is 41.4 Å². The smallest absolute Gasteiger partial charge is 0.410 e. The summed E-state index contributed by atoms with van der Waals surface area (Å²) < 4.78 is 5.00. The lowest BCUT2D eigenvalue weighted by Crippen LogP contribution is -2.50. The molecule has 0 aromatic carbocycles. The van der Waals surface area contributed by atoms with Crippen LogP contribution in [0.5, 0.6) is 0 Å². The van der Waals surface area contributed by atoms with Crippen LogP contribution < -0.4 is 0 Å². The van der Waals surface area contributed by atoms with Crippen molar-refractivity contribution in [2.75, 3.05) is 13.2 Å². The molecule has 2 unspecified atom stereocenters. The van der Waals surface area contributed by atoms with Crippen LogP contribution in [0.2, 0.25) is 0 Å². The third-order valence-corrected chi connectivity index (χ3v) is 2.81. The second-order valence-electron chi connectivity index (χ2n) is 3.73. The number of aliphatic hydroxyl groups excluding tert-OH is 1. The Kier molecular flexibility index (Phi) is 4.20. The molecule has 1 rings (SSSR count). The second-order valence-corrected chi connectivity index (χ2v) is 3.73. The summed E-state index contributed by atoms with van der Waals surface area (Å²) in [5.74, 6) is 0. The second kappa shape index (κ2) is 5.20. The van der Waals surface area contributed by atoms with Gasteiger partial charge in [-0.15, -0.1) is 0 Å². The Hall–Kier alpha value is -0.770. The van der Waals surface area contributed by atoms with Crippen molar-refractivity contribution < 1.29 is 14.6 Å². The van der Waals surface area contributed by atoms with Crippen molar-refractivity contribution in [3.63, 3.8) is 0 Å². The van der Waals surface area contributed by atoms with Crippen molar-refractivity contribution in [1.29, 1.82) is 0 Å². The van der Waals surface area contributed by atoms with Crippen molar-refractivity contribution in [1.82, 2.24) is 4.90 Å².